The number of ketones is 1. The van der Waals surface area contributed by atoms with Gasteiger partial charge in [-0.2, -0.15) is 4.98 Å². The summed E-state index contributed by atoms with van der Waals surface area (Å²) in [5.41, 5.74) is 0.567. The van der Waals surface area contributed by atoms with E-state index in [1.807, 2.05) is 0 Å². The Morgan fingerprint density at radius 3 is 2.67 bits per heavy atom. The first kappa shape index (κ1) is 20.2. The average Bonchev–Trinajstić information content (AvgIpc) is 3.37. The van der Waals surface area contributed by atoms with Crippen molar-refractivity contribution in [2.45, 2.75) is 33.3 Å². The summed E-state index contributed by atoms with van der Waals surface area (Å²) < 4.78 is 11.7. The van der Waals surface area contributed by atoms with Crippen molar-refractivity contribution in [2.24, 2.45) is 0 Å². The van der Waals surface area contributed by atoms with E-state index in [1.165, 1.54) is 10.8 Å². The van der Waals surface area contributed by atoms with Gasteiger partial charge in [-0.25, -0.2) is 9.78 Å². The van der Waals surface area contributed by atoms with Crippen LogP contribution in [0, 0.1) is 6.92 Å². The molecule has 0 aliphatic carbocycles. The fourth-order valence-corrected chi connectivity index (χ4v) is 3.77. The molecule has 3 aromatic heterocycles. The van der Waals surface area contributed by atoms with Crippen LogP contribution < -0.4 is 0 Å². The molecule has 0 saturated carbocycles. The molecule has 1 aromatic carbocycles. The van der Waals surface area contributed by atoms with Crippen molar-refractivity contribution in [1.29, 1.82) is 0 Å². The van der Waals surface area contributed by atoms with E-state index in [0.29, 0.717) is 38.9 Å². The Kier molecular flexibility index (Phi) is 4.95. The van der Waals surface area contributed by atoms with Crippen LogP contribution in [-0.4, -0.2) is 37.2 Å². The number of ether oxygens (including phenoxy) is 1. The molecule has 0 N–H and O–H groups in total. The van der Waals surface area contributed by atoms with Gasteiger partial charge >= 0.3 is 6.09 Å². The van der Waals surface area contributed by atoms with Crippen molar-refractivity contribution in [3.8, 4) is 11.5 Å². The first-order valence-electron chi connectivity index (χ1n) is 8.97. The lowest BCUT2D eigenvalue weighted by atomic mass is 10.1. The van der Waals surface area contributed by atoms with E-state index in [1.54, 1.807) is 51.3 Å². The lowest BCUT2D eigenvalue weighted by molar-refractivity contribution is 0.0544. The van der Waals surface area contributed by atoms with Crippen molar-refractivity contribution in [2.75, 3.05) is 0 Å². The van der Waals surface area contributed by atoms with Crippen LogP contribution in [-0.2, 0) is 4.74 Å². The number of carbonyl (C=O) groups excluding carboxylic acids is 2. The predicted octanol–water partition coefficient (Wildman–Crippen LogP) is 5.12. The second-order valence-electron chi connectivity index (χ2n) is 7.56. The molecule has 0 amide bonds. The number of carbonyl (C=O) groups is 2. The fraction of sp³-hybridized carbons (Fsp3) is 0.250. The number of aryl methyl sites for hydroxylation is 1. The summed E-state index contributed by atoms with van der Waals surface area (Å²) in [4.78, 5) is 34.4. The quantitative estimate of drug-likeness (QED) is 0.404. The maximum absolute atomic E-state index is 13.2. The maximum atomic E-state index is 13.2. The van der Waals surface area contributed by atoms with Gasteiger partial charge in [-0.05, 0) is 39.0 Å². The van der Waals surface area contributed by atoms with Crippen molar-refractivity contribution < 1.29 is 18.8 Å². The minimum atomic E-state index is -0.683. The van der Waals surface area contributed by atoms with Gasteiger partial charge in [-0.1, -0.05) is 16.8 Å². The summed E-state index contributed by atoms with van der Waals surface area (Å²) in [5.74, 6) is 0.365. The molecule has 0 bridgehead atoms. The Morgan fingerprint density at radius 2 is 2.00 bits per heavy atom. The molecule has 0 unspecified atom stereocenters. The van der Waals surface area contributed by atoms with Gasteiger partial charge in [0, 0.05) is 28.9 Å². The van der Waals surface area contributed by atoms with E-state index in [9.17, 15) is 9.59 Å². The average molecular weight is 445 g/mol. The van der Waals surface area contributed by atoms with E-state index in [0.717, 1.165) is 11.3 Å². The molecule has 0 spiro atoms. The van der Waals surface area contributed by atoms with E-state index in [-0.39, 0.29) is 10.8 Å². The van der Waals surface area contributed by atoms with Gasteiger partial charge in [0.25, 0.3) is 0 Å². The van der Waals surface area contributed by atoms with Crippen molar-refractivity contribution in [1.82, 2.24) is 19.7 Å². The topological polar surface area (TPSA) is 100 Å². The fourth-order valence-electron chi connectivity index (χ4n) is 2.84. The van der Waals surface area contributed by atoms with Crippen LogP contribution in [0.15, 0.2) is 34.3 Å². The van der Waals surface area contributed by atoms with Crippen LogP contribution in [0.3, 0.4) is 0 Å². The second-order valence-corrected chi connectivity index (χ2v) is 8.85. The van der Waals surface area contributed by atoms with Gasteiger partial charge in [0.05, 0.1) is 11.1 Å². The van der Waals surface area contributed by atoms with Gasteiger partial charge in [0.15, 0.2) is 5.01 Å². The molecule has 0 atom stereocenters. The molecule has 0 radical (unpaired) electrons. The molecule has 154 valence electrons. The molecule has 3 heterocycles. The summed E-state index contributed by atoms with van der Waals surface area (Å²) in [6.45, 7) is 6.99. The van der Waals surface area contributed by atoms with Crippen LogP contribution in [0.4, 0.5) is 4.79 Å². The van der Waals surface area contributed by atoms with E-state index < -0.39 is 11.7 Å². The van der Waals surface area contributed by atoms with Crippen molar-refractivity contribution in [3.63, 3.8) is 0 Å². The predicted molar refractivity (Wildman–Crippen MR) is 112 cm³/mol. The highest BCUT2D eigenvalue weighted by atomic mass is 35.5. The molecule has 0 fully saturated rings. The standard InChI is InChI=1S/C20H17ClN4O4S/c1-10-22-17(24-29-10)14-9-30-18(23-14)16(26)13-8-25(19(27)28-20(2,3)4)15-6-5-11(21)7-12(13)15/h5-9H,1-4H3. The zero-order valence-electron chi connectivity index (χ0n) is 16.6. The Bertz CT molecular complexity index is 1280. The number of aromatic nitrogens is 4. The number of halogens is 1. The third-order valence-electron chi connectivity index (χ3n) is 4.06. The summed E-state index contributed by atoms with van der Waals surface area (Å²) in [6, 6.07) is 4.97. The van der Waals surface area contributed by atoms with Gasteiger partial charge in [0.1, 0.15) is 11.3 Å². The lowest BCUT2D eigenvalue weighted by Crippen LogP contribution is -2.26. The zero-order valence-corrected chi connectivity index (χ0v) is 18.2. The third-order valence-corrected chi connectivity index (χ3v) is 5.13. The molecular formula is C20H17ClN4O4S. The Morgan fingerprint density at radius 1 is 1.23 bits per heavy atom. The molecule has 0 aliphatic rings. The number of thiazole rings is 1. The molecule has 0 aliphatic heterocycles. The van der Waals surface area contributed by atoms with Gasteiger partial charge in [0.2, 0.25) is 17.5 Å². The monoisotopic (exact) mass is 444 g/mol. The highest BCUT2D eigenvalue weighted by molar-refractivity contribution is 7.12. The van der Waals surface area contributed by atoms with E-state index >= 15 is 0 Å². The Balaban J connectivity index is 1.77. The minimum absolute atomic E-state index is 0.232. The largest absolute Gasteiger partial charge is 0.443 e. The Labute approximate surface area is 180 Å². The first-order valence-corrected chi connectivity index (χ1v) is 10.2. The van der Waals surface area contributed by atoms with Gasteiger partial charge < -0.3 is 9.26 Å². The minimum Gasteiger partial charge on any atom is -0.443 e. The number of benzene rings is 1. The highest BCUT2D eigenvalue weighted by Crippen LogP contribution is 2.29. The highest BCUT2D eigenvalue weighted by Gasteiger charge is 2.25. The second kappa shape index (κ2) is 7.33. The normalized spacial score (nSPS) is 11.8. The van der Waals surface area contributed by atoms with Crippen LogP contribution >= 0.6 is 22.9 Å². The van der Waals surface area contributed by atoms with Crippen molar-refractivity contribution in [3.05, 3.63) is 51.3 Å². The number of nitrogens with zero attached hydrogens (tertiary/aromatic N) is 4. The molecular weight excluding hydrogens is 428 g/mol. The number of rotatable bonds is 3. The maximum Gasteiger partial charge on any atom is 0.419 e. The molecule has 0 saturated heterocycles. The van der Waals surface area contributed by atoms with Crippen LogP contribution in [0.5, 0.6) is 0 Å². The number of hydrogen-bond acceptors (Lipinski definition) is 8. The molecule has 4 rings (SSSR count). The van der Waals surface area contributed by atoms with E-state index in [4.69, 9.17) is 20.9 Å². The zero-order chi connectivity index (χ0) is 21.6. The third kappa shape index (κ3) is 3.86. The molecule has 10 heteroatoms. The van der Waals surface area contributed by atoms with E-state index in [2.05, 4.69) is 15.1 Å². The van der Waals surface area contributed by atoms with Crippen LogP contribution in [0.1, 0.15) is 42.0 Å². The van der Waals surface area contributed by atoms with Crippen molar-refractivity contribution >= 4 is 45.7 Å². The number of fused-ring (bicyclic) bond motifs is 1. The smallest absolute Gasteiger partial charge is 0.419 e. The SMILES string of the molecule is Cc1nc(-c2csc(C(=O)c3cn(C(=O)OC(C)(C)C)c4ccc(Cl)cc34)n2)no1. The first-order chi connectivity index (χ1) is 14.1. The Hall–Kier alpha value is -3.04. The molecule has 4 aromatic rings. The molecule has 8 nitrogen and oxygen atoms in total. The number of hydrogen-bond donors (Lipinski definition) is 0. The summed E-state index contributed by atoms with van der Waals surface area (Å²) in [7, 11) is 0. The van der Waals surface area contributed by atoms with Gasteiger partial charge in [-0.3, -0.25) is 9.36 Å². The summed E-state index contributed by atoms with van der Waals surface area (Å²) in [6.07, 6.45) is 0.868. The van der Waals surface area contributed by atoms with Gasteiger partial charge in [-0.15, -0.1) is 11.3 Å². The lowest BCUT2D eigenvalue weighted by Gasteiger charge is -2.19. The van der Waals surface area contributed by atoms with Crippen LogP contribution in [0.2, 0.25) is 5.02 Å². The summed E-state index contributed by atoms with van der Waals surface area (Å²) in [5, 5.41) is 6.71. The molecule has 30 heavy (non-hydrogen) atoms. The van der Waals surface area contributed by atoms with Crippen LogP contribution in [0.25, 0.3) is 22.4 Å². The summed E-state index contributed by atoms with van der Waals surface area (Å²) >= 11 is 7.30.